The number of benzene rings is 1. The Morgan fingerprint density at radius 3 is 2.73 bits per heavy atom. The number of rotatable bonds is 2. The Morgan fingerprint density at radius 1 is 1.12 bits per heavy atom. The van der Waals surface area contributed by atoms with Gasteiger partial charge in [-0.1, -0.05) is 13.0 Å². The van der Waals surface area contributed by atoms with Crippen molar-refractivity contribution in [3.8, 4) is 0 Å². The fraction of sp³-hybridized carbons (Fsp3) is 0.467. The van der Waals surface area contributed by atoms with Crippen molar-refractivity contribution in [2.24, 2.45) is 4.99 Å². The van der Waals surface area contributed by atoms with Crippen LogP contribution >= 0.6 is 0 Å². The third kappa shape index (κ3) is 3.78. The summed E-state index contributed by atoms with van der Waals surface area (Å²) in [4.78, 5) is 46.1. The van der Waals surface area contributed by atoms with Crippen LogP contribution < -0.4 is 10.6 Å². The molecule has 3 amide bonds. The number of likely N-dealkylation sites (tertiary alicyclic amines) is 1. The highest BCUT2D eigenvalue weighted by molar-refractivity contribution is 5.88. The normalized spacial score (nSPS) is 22.5. The number of aryl methyl sites for hydroxylation is 1. The lowest BCUT2D eigenvalue weighted by Gasteiger charge is -2.42. The molecule has 11 nitrogen and oxygen atoms in total. The molecule has 3 aromatic rings. The average molecular weight is 553 g/mol. The first kappa shape index (κ1) is 24.5. The summed E-state index contributed by atoms with van der Waals surface area (Å²) in [6.07, 6.45) is 10.5. The summed E-state index contributed by atoms with van der Waals surface area (Å²) in [6.45, 7) is 6.79. The maximum atomic E-state index is 13.8. The molecule has 2 N–H and O–H groups in total. The summed E-state index contributed by atoms with van der Waals surface area (Å²) < 4.78 is 8.12. The molecule has 4 aliphatic heterocycles. The highest BCUT2D eigenvalue weighted by atomic mass is 16.6. The quantitative estimate of drug-likeness (QED) is 0.497. The molecule has 1 spiro atoms. The van der Waals surface area contributed by atoms with E-state index in [1.165, 1.54) is 33.5 Å². The third-order valence-electron chi connectivity index (χ3n) is 9.73. The molecular weight excluding hydrogens is 520 g/mol. The minimum atomic E-state index is -0.881. The molecule has 1 atom stereocenters. The summed E-state index contributed by atoms with van der Waals surface area (Å²) in [5.74, 6) is 1.33. The maximum absolute atomic E-state index is 13.8. The van der Waals surface area contributed by atoms with E-state index in [-0.39, 0.29) is 17.5 Å². The number of imidazole rings is 1. The molecule has 6 heterocycles. The number of nitrogens with zero attached hydrogens (tertiary/aromatic N) is 6. The van der Waals surface area contributed by atoms with Crippen molar-refractivity contribution in [3.05, 3.63) is 69.7 Å². The van der Waals surface area contributed by atoms with Crippen LogP contribution in [0.25, 0.3) is 0 Å². The number of anilines is 1. The van der Waals surface area contributed by atoms with Crippen molar-refractivity contribution in [1.82, 2.24) is 29.7 Å². The standard InChI is InChI=1S/C30H32N8O3/c1-17-11-18-12-22(26-34-15-23(29(2)3-4-29)38(26)16-21(18)20-14-31-13-19(17)20)35-27(39)37-9-5-30(6-10-37)24-25(33-8-7-32-24)36-28(40)41-30/h7-8,11,14-15,22H,3-6,9-10,12-13,16H2,1-2H3,(H,35,39)(H,33,36,40)/t22-/m1/s1. The molecule has 1 aromatic carbocycles. The second-order valence-corrected chi connectivity index (χ2v) is 12.3. The minimum absolute atomic E-state index is 0.138. The molecule has 0 unspecified atom stereocenters. The van der Waals surface area contributed by atoms with Crippen LogP contribution in [0.4, 0.5) is 15.4 Å². The van der Waals surface area contributed by atoms with Gasteiger partial charge in [-0.2, -0.15) is 0 Å². The topological polar surface area (TPSA) is 127 Å². The van der Waals surface area contributed by atoms with Crippen molar-refractivity contribution in [2.75, 3.05) is 18.4 Å². The van der Waals surface area contributed by atoms with Crippen molar-refractivity contribution in [1.29, 1.82) is 0 Å². The summed E-state index contributed by atoms with van der Waals surface area (Å²) >= 11 is 0. The molecule has 1 aliphatic carbocycles. The predicted octanol–water partition coefficient (Wildman–Crippen LogP) is 3.87. The fourth-order valence-electron chi connectivity index (χ4n) is 7.07. The third-order valence-corrected chi connectivity index (χ3v) is 9.73. The van der Waals surface area contributed by atoms with Crippen LogP contribution in [0.5, 0.6) is 0 Å². The molecule has 5 aliphatic rings. The summed E-state index contributed by atoms with van der Waals surface area (Å²) in [5, 5.41) is 5.97. The molecule has 1 saturated carbocycles. The van der Waals surface area contributed by atoms with Crippen molar-refractivity contribution in [2.45, 2.75) is 76.1 Å². The Balaban J connectivity index is 1.08. The van der Waals surface area contributed by atoms with Gasteiger partial charge in [0.1, 0.15) is 11.5 Å². The molecular formula is C30H32N8O3. The monoisotopic (exact) mass is 552 g/mol. The lowest BCUT2D eigenvalue weighted by atomic mass is 9.86. The summed E-state index contributed by atoms with van der Waals surface area (Å²) in [7, 11) is 0. The molecule has 41 heavy (non-hydrogen) atoms. The Labute approximate surface area is 237 Å². The second-order valence-electron chi connectivity index (χ2n) is 12.3. The van der Waals surface area contributed by atoms with Gasteiger partial charge in [-0.25, -0.2) is 19.6 Å². The first-order valence-corrected chi connectivity index (χ1v) is 14.4. The van der Waals surface area contributed by atoms with Crippen LogP contribution in [-0.2, 0) is 35.3 Å². The Morgan fingerprint density at radius 2 is 1.93 bits per heavy atom. The SMILES string of the molecule is Cc1cc2c(c3c1CN=C3)Cn1c(C3(C)CC3)cnc1[C@H](NC(=O)N1CCC3(CC1)OC(=O)Nc1nccnc13)C2. The van der Waals surface area contributed by atoms with E-state index in [0.29, 0.717) is 43.9 Å². The number of fused-ring (bicyclic) bond motifs is 6. The molecule has 0 radical (unpaired) electrons. The number of ether oxygens (including phenoxy) is 1. The molecule has 1 saturated heterocycles. The number of aliphatic imine (C=N–C) groups is 1. The number of carbonyl (C=O) groups excluding carboxylic acids is 2. The van der Waals surface area contributed by atoms with Gasteiger partial charge in [0.15, 0.2) is 11.4 Å². The van der Waals surface area contributed by atoms with E-state index in [4.69, 9.17) is 9.72 Å². The van der Waals surface area contributed by atoms with Crippen LogP contribution in [0.15, 0.2) is 29.6 Å². The lowest BCUT2D eigenvalue weighted by molar-refractivity contribution is -0.0340. The van der Waals surface area contributed by atoms with E-state index in [9.17, 15) is 9.59 Å². The number of urea groups is 1. The number of aromatic nitrogens is 4. The van der Waals surface area contributed by atoms with Gasteiger partial charge in [-0.15, -0.1) is 0 Å². The smallest absolute Gasteiger partial charge is 0.413 e. The number of nitrogens with one attached hydrogen (secondary N) is 2. The molecule has 210 valence electrons. The Bertz CT molecular complexity index is 1650. The van der Waals surface area contributed by atoms with E-state index in [2.05, 4.69) is 50.1 Å². The number of piperidine rings is 1. The fourth-order valence-corrected chi connectivity index (χ4v) is 7.07. The van der Waals surface area contributed by atoms with Gasteiger partial charge < -0.3 is 19.5 Å². The zero-order chi connectivity index (χ0) is 27.9. The molecule has 2 fully saturated rings. The Hall–Kier alpha value is -4.28. The van der Waals surface area contributed by atoms with Gasteiger partial charge in [0.05, 0.1) is 19.1 Å². The van der Waals surface area contributed by atoms with E-state index in [0.717, 1.165) is 31.8 Å². The van der Waals surface area contributed by atoms with Gasteiger partial charge in [0.2, 0.25) is 0 Å². The molecule has 0 bridgehead atoms. The largest absolute Gasteiger partial charge is 0.436 e. The van der Waals surface area contributed by atoms with Gasteiger partial charge in [0.25, 0.3) is 0 Å². The van der Waals surface area contributed by atoms with Crippen molar-refractivity contribution >= 4 is 24.2 Å². The number of amides is 3. The van der Waals surface area contributed by atoms with Gasteiger partial charge in [-0.3, -0.25) is 15.3 Å². The van der Waals surface area contributed by atoms with Crippen LogP contribution in [-0.4, -0.2) is 55.8 Å². The van der Waals surface area contributed by atoms with Crippen molar-refractivity contribution in [3.63, 3.8) is 0 Å². The number of hydrogen-bond acceptors (Lipinski definition) is 7. The molecule has 11 heteroatoms. The number of hydrogen-bond donors (Lipinski definition) is 2. The van der Waals surface area contributed by atoms with Crippen LogP contribution in [0.1, 0.15) is 83.7 Å². The second kappa shape index (κ2) is 8.61. The van der Waals surface area contributed by atoms with E-state index in [1.807, 2.05) is 12.4 Å². The van der Waals surface area contributed by atoms with E-state index in [1.54, 1.807) is 17.3 Å². The van der Waals surface area contributed by atoms with E-state index < -0.39 is 11.7 Å². The predicted molar refractivity (Wildman–Crippen MR) is 150 cm³/mol. The van der Waals surface area contributed by atoms with Crippen LogP contribution in [0, 0.1) is 6.92 Å². The first-order valence-electron chi connectivity index (χ1n) is 14.4. The van der Waals surface area contributed by atoms with Crippen LogP contribution in [0.2, 0.25) is 0 Å². The van der Waals surface area contributed by atoms with Crippen molar-refractivity contribution < 1.29 is 14.3 Å². The van der Waals surface area contributed by atoms with Crippen LogP contribution in [0.3, 0.4) is 0 Å². The highest BCUT2D eigenvalue weighted by Gasteiger charge is 2.48. The van der Waals surface area contributed by atoms with Gasteiger partial charge in [-0.05, 0) is 42.0 Å². The zero-order valence-corrected chi connectivity index (χ0v) is 23.2. The van der Waals surface area contributed by atoms with Gasteiger partial charge in [0, 0.05) is 73.8 Å². The molecule has 2 aromatic heterocycles. The minimum Gasteiger partial charge on any atom is -0.436 e. The maximum Gasteiger partial charge on any atom is 0.413 e. The summed E-state index contributed by atoms with van der Waals surface area (Å²) in [5.41, 5.74) is 7.45. The Kier molecular flexibility index (Phi) is 5.15. The number of carbonyl (C=O) groups is 2. The average Bonchev–Trinajstić information content (AvgIpc) is 3.35. The molecule has 8 rings (SSSR count). The zero-order valence-electron chi connectivity index (χ0n) is 23.2. The summed E-state index contributed by atoms with van der Waals surface area (Å²) in [6, 6.07) is 1.87. The van der Waals surface area contributed by atoms with Gasteiger partial charge >= 0.3 is 12.1 Å². The highest BCUT2D eigenvalue weighted by Crippen LogP contribution is 2.49. The lowest BCUT2D eigenvalue weighted by Crippen LogP contribution is -2.53. The van der Waals surface area contributed by atoms with E-state index >= 15 is 0 Å². The first-order chi connectivity index (χ1) is 19.8.